The van der Waals surface area contributed by atoms with Crippen LogP contribution in [0.4, 0.5) is 16.2 Å². The summed E-state index contributed by atoms with van der Waals surface area (Å²) in [5.41, 5.74) is 1.50. The Balaban J connectivity index is 2.42. The van der Waals surface area contributed by atoms with Crippen LogP contribution in [-0.4, -0.2) is 42.3 Å². The monoisotopic (exact) mass is 340 g/mol. The van der Waals surface area contributed by atoms with Crippen LogP contribution in [0.15, 0.2) is 18.2 Å². The van der Waals surface area contributed by atoms with Gasteiger partial charge in [-0.3, -0.25) is 0 Å². The Morgan fingerprint density at radius 1 is 1.50 bits per heavy atom. The molecule has 0 bridgehead atoms. The zero-order chi connectivity index (χ0) is 16.3. The molecule has 1 N–H and O–H groups in total. The van der Waals surface area contributed by atoms with Crippen molar-refractivity contribution < 1.29 is 14.3 Å². The molecule has 2 rings (SSSR count). The lowest BCUT2D eigenvalue weighted by atomic mass is 10.1. The largest absolute Gasteiger partial charge is 0.497 e. The molecule has 0 fully saturated rings. The molecule has 1 aliphatic rings. The minimum atomic E-state index is -0.445. The lowest BCUT2D eigenvalue weighted by Gasteiger charge is -2.36. The Bertz CT molecular complexity index is 578. The third-order valence-electron chi connectivity index (χ3n) is 3.15. The molecule has 7 heteroatoms. The van der Waals surface area contributed by atoms with Gasteiger partial charge in [-0.2, -0.15) is 11.8 Å². The molecule has 1 atom stereocenters. The van der Waals surface area contributed by atoms with Crippen LogP contribution in [0.2, 0.25) is 0 Å². The smallest absolute Gasteiger partial charge is 0.419 e. The molecule has 0 saturated heterocycles. The number of benzene rings is 1. The minimum absolute atomic E-state index is 0.107. The number of rotatable bonds is 4. The molecule has 1 aromatic rings. The number of hydrogen-bond acceptors (Lipinski definition) is 6. The minimum Gasteiger partial charge on any atom is -0.497 e. The number of amides is 1. The lowest BCUT2D eigenvalue weighted by molar-refractivity contribution is 0.125. The van der Waals surface area contributed by atoms with Gasteiger partial charge >= 0.3 is 6.09 Å². The summed E-state index contributed by atoms with van der Waals surface area (Å²) in [6.45, 7) is 3.63. The number of hydrogen-bond donors (Lipinski definition) is 1. The fourth-order valence-corrected chi connectivity index (χ4v) is 3.19. The molecular formula is C15H20N2O3S2. The highest BCUT2D eigenvalue weighted by atomic mass is 32.2. The van der Waals surface area contributed by atoms with Crippen molar-refractivity contribution in [1.82, 2.24) is 0 Å². The van der Waals surface area contributed by atoms with Gasteiger partial charge in [-0.15, -0.1) is 0 Å². The first-order valence-electron chi connectivity index (χ1n) is 6.96. The highest BCUT2D eigenvalue weighted by molar-refractivity contribution is 7.98. The number of carbonyl (C=O) groups is 1. The quantitative estimate of drug-likeness (QED) is 0.846. The van der Waals surface area contributed by atoms with Gasteiger partial charge in [-0.25, -0.2) is 9.69 Å². The standard InChI is InChI=1S/C15H20N2O3S2/c1-9(2)20-15(18)17-13-6-5-10(19-3)7-11(13)16-12(8-22-4)14(17)21/h5-7,9,12,16H,8H2,1-4H3. The molecule has 120 valence electrons. The molecule has 0 radical (unpaired) electrons. The van der Waals surface area contributed by atoms with Crippen LogP contribution in [0.3, 0.4) is 0 Å². The first kappa shape index (κ1) is 16.9. The maximum Gasteiger partial charge on any atom is 0.419 e. The zero-order valence-corrected chi connectivity index (χ0v) is 14.7. The first-order valence-corrected chi connectivity index (χ1v) is 8.76. The Morgan fingerprint density at radius 3 is 2.82 bits per heavy atom. The fraction of sp³-hybridized carbons (Fsp3) is 0.467. The van der Waals surface area contributed by atoms with Crippen LogP contribution < -0.4 is 15.0 Å². The predicted octanol–water partition coefficient (Wildman–Crippen LogP) is 3.53. The normalized spacial score (nSPS) is 17.0. The average Bonchev–Trinajstić information content (AvgIpc) is 2.47. The molecule has 1 aliphatic heterocycles. The van der Waals surface area contributed by atoms with E-state index in [1.165, 1.54) is 4.90 Å². The molecule has 1 heterocycles. The molecule has 0 aliphatic carbocycles. The molecule has 0 spiro atoms. The first-order chi connectivity index (χ1) is 10.5. The van der Waals surface area contributed by atoms with Crippen molar-refractivity contribution >= 4 is 46.4 Å². The molecule has 22 heavy (non-hydrogen) atoms. The molecule has 1 aromatic carbocycles. The molecular weight excluding hydrogens is 320 g/mol. The summed E-state index contributed by atoms with van der Waals surface area (Å²) >= 11 is 7.16. The lowest BCUT2D eigenvalue weighted by Crippen LogP contribution is -2.50. The SMILES string of the molecule is COc1ccc2c(c1)NC(CSC)C(=S)N2C(=O)OC(C)C. The summed E-state index contributed by atoms with van der Waals surface area (Å²) in [5.74, 6) is 1.49. The van der Waals surface area contributed by atoms with Crippen LogP contribution in [0.5, 0.6) is 5.75 Å². The van der Waals surface area contributed by atoms with Crippen LogP contribution in [0.25, 0.3) is 0 Å². The van der Waals surface area contributed by atoms with Gasteiger partial charge in [0.1, 0.15) is 10.7 Å². The van der Waals surface area contributed by atoms with Crippen LogP contribution in [-0.2, 0) is 4.74 Å². The van der Waals surface area contributed by atoms with E-state index in [1.807, 2.05) is 32.2 Å². The topological polar surface area (TPSA) is 50.8 Å². The van der Waals surface area contributed by atoms with E-state index in [-0.39, 0.29) is 12.1 Å². The number of ether oxygens (including phenoxy) is 2. The average molecular weight is 340 g/mol. The van der Waals surface area contributed by atoms with E-state index in [0.29, 0.717) is 10.7 Å². The number of nitrogens with zero attached hydrogens (tertiary/aromatic N) is 1. The maximum atomic E-state index is 12.4. The van der Waals surface area contributed by atoms with Gasteiger partial charge in [0.05, 0.1) is 30.6 Å². The maximum absolute atomic E-state index is 12.4. The second-order valence-corrected chi connectivity index (χ2v) is 6.47. The van der Waals surface area contributed by atoms with Gasteiger partial charge in [-0.1, -0.05) is 12.2 Å². The number of nitrogens with one attached hydrogen (secondary N) is 1. The van der Waals surface area contributed by atoms with Crippen LogP contribution >= 0.6 is 24.0 Å². The van der Waals surface area contributed by atoms with Gasteiger partial charge in [0.25, 0.3) is 0 Å². The number of thiocarbonyl (C=S) groups is 1. The van der Waals surface area contributed by atoms with E-state index >= 15 is 0 Å². The molecule has 1 unspecified atom stereocenters. The van der Waals surface area contributed by atoms with E-state index in [9.17, 15) is 4.79 Å². The predicted molar refractivity (Wildman–Crippen MR) is 95.5 cm³/mol. The summed E-state index contributed by atoms with van der Waals surface area (Å²) in [6.07, 6.45) is 1.35. The Labute approximate surface area is 140 Å². The summed E-state index contributed by atoms with van der Waals surface area (Å²) < 4.78 is 10.6. The van der Waals surface area contributed by atoms with Crippen molar-refractivity contribution in [2.24, 2.45) is 0 Å². The van der Waals surface area contributed by atoms with Crippen molar-refractivity contribution in [3.05, 3.63) is 18.2 Å². The van der Waals surface area contributed by atoms with Gasteiger partial charge in [0.2, 0.25) is 0 Å². The van der Waals surface area contributed by atoms with Crippen molar-refractivity contribution in [3.63, 3.8) is 0 Å². The Hall–Kier alpha value is -1.47. The second kappa shape index (κ2) is 7.19. The van der Waals surface area contributed by atoms with E-state index in [4.69, 9.17) is 21.7 Å². The zero-order valence-electron chi connectivity index (χ0n) is 13.1. The fourth-order valence-electron chi connectivity index (χ4n) is 2.20. The Morgan fingerprint density at radius 2 is 2.23 bits per heavy atom. The van der Waals surface area contributed by atoms with E-state index < -0.39 is 6.09 Å². The van der Waals surface area contributed by atoms with Gasteiger partial charge in [0.15, 0.2) is 0 Å². The van der Waals surface area contributed by atoms with Crippen molar-refractivity contribution in [2.45, 2.75) is 26.0 Å². The molecule has 0 saturated carbocycles. The van der Waals surface area contributed by atoms with Gasteiger partial charge in [0, 0.05) is 11.8 Å². The highest BCUT2D eigenvalue weighted by Crippen LogP contribution is 2.36. The highest BCUT2D eigenvalue weighted by Gasteiger charge is 2.34. The van der Waals surface area contributed by atoms with E-state index in [0.717, 1.165) is 17.2 Å². The third kappa shape index (κ3) is 3.47. The van der Waals surface area contributed by atoms with Crippen LogP contribution in [0.1, 0.15) is 13.8 Å². The number of anilines is 2. The number of methoxy groups -OCH3 is 1. The van der Waals surface area contributed by atoms with E-state index in [2.05, 4.69) is 5.32 Å². The number of carbonyl (C=O) groups excluding carboxylic acids is 1. The summed E-state index contributed by atoms with van der Waals surface area (Å²) in [5, 5.41) is 3.37. The summed E-state index contributed by atoms with van der Waals surface area (Å²) in [7, 11) is 1.61. The van der Waals surface area contributed by atoms with Crippen molar-refractivity contribution in [3.8, 4) is 5.75 Å². The van der Waals surface area contributed by atoms with Crippen molar-refractivity contribution in [1.29, 1.82) is 0 Å². The third-order valence-corrected chi connectivity index (χ3v) is 4.28. The number of thioether (sulfide) groups is 1. The van der Waals surface area contributed by atoms with Gasteiger partial charge < -0.3 is 14.8 Å². The summed E-state index contributed by atoms with van der Waals surface area (Å²) in [6, 6.07) is 5.36. The number of fused-ring (bicyclic) bond motifs is 1. The Kier molecular flexibility index (Phi) is 5.52. The van der Waals surface area contributed by atoms with Crippen LogP contribution in [0, 0.1) is 0 Å². The van der Waals surface area contributed by atoms with E-state index in [1.54, 1.807) is 24.9 Å². The van der Waals surface area contributed by atoms with Crippen molar-refractivity contribution in [2.75, 3.05) is 29.3 Å². The summed E-state index contributed by atoms with van der Waals surface area (Å²) in [4.78, 5) is 14.4. The van der Waals surface area contributed by atoms with Gasteiger partial charge in [-0.05, 0) is 32.2 Å². The molecule has 1 amide bonds. The molecule has 5 nitrogen and oxygen atoms in total. The second-order valence-electron chi connectivity index (χ2n) is 5.14. The molecule has 0 aromatic heterocycles.